The van der Waals surface area contributed by atoms with Crippen LogP contribution in [0.25, 0.3) is 16.6 Å². The molecule has 2 aromatic carbocycles. The van der Waals surface area contributed by atoms with Gasteiger partial charge in [0, 0.05) is 31.7 Å². The highest BCUT2D eigenvalue weighted by Gasteiger charge is 2.22. The highest BCUT2D eigenvalue weighted by molar-refractivity contribution is 5.97. The molecule has 0 radical (unpaired) electrons. The molecule has 0 aliphatic carbocycles. The van der Waals surface area contributed by atoms with Crippen molar-refractivity contribution in [3.8, 4) is 0 Å². The Morgan fingerprint density at radius 3 is 2.56 bits per heavy atom. The molecule has 0 N–H and O–H groups in total. The Kier molecular flexibility index (Phi) is 5.22. The van der Waals surface area contributed by atoms with E-state index in [2.05, 4.69) is 16.9 Å². The Labute approximate surface area is 184 Å². The largest absolute Gasteiger partial charge is 0.336 e. The third-order valence-corrected chi connectivity index (χ3v) is 6.18. The first-order chi connectivity index (χ1) is 15.5. The summed E-state index contributed by atoms with van der Waals surface area (Å²) in [6.07, 6.45) is 1.58. The molecule has 0 spiro atoms. The molecule has 1 aliphatic heterocycles. The Hall–Kier alpha value is -3.52. The van der Waals surface area contributed by atoms with Crippen LogP contribution >= 0.6 is 0 Å². The van der Waals surface area contributed by atoms with Gasteiger partial charge in [0.25, 0.3) is 11.5 Å². The van der Waals surface area contributed by atoms with E-state index in [-0.39, 0.29) is 23.8 Å². The van der Waals surface area contributed by atoms with Gasteiger partial charge in [-0.05, 0) is 48.5 Å². The Bertz CT molecular complexity index is 1370. The summed E-state index contributed by atoms with van der Waals surface area (Å²) in [4.78, 5) is 30.6. The summed E-state index contributed by atoms with van der Waals surface area (Å²) in [7, 11) is 0. The van der Waals surface area contributed by atoms with Gasteiger partial charge in [0.1, 0.15) is 11.3 Å². The molecule has 3 heterocycles. The summed E-state index contributed by atoms with van der Waals surface area (Å²) in [6.45, 7) is 6.36. The number of halogens is 1. The molecule has 1 saturated heterocycles. The van der Waals surface area contributed by atoms with E-state index in [9.17, 15) is 14.0 Å². The lowest BCUT2D eigenvalue weighted by Gasteiger charge is -2.34. The zero-order chi connectivity index (χ0) is 22.2. The zero-order valence-corrected chi connectivity index (χ0v) is 17.9. The summed E-state index contributed by atoms with van der Waals surface area (Å²) in [5, 5.41) is 4.29. The highest BCUT2D eigenvalue weighted by Crippen LogP contribution is 2.19. The van der Waals surface area contributed by atoms with E-state index >= 15 is 0 Å². The summed E-state index contributed by atoms with van der Waals surface area (Å²) in [5.41, 5.74) is 2.71. The number of carbonyl (C=O) groups is 1. The van der Waals surface area contributed by atoms with Gasteiger partial charge >= 0.3 is 0 Å². The molecule has 32 heavy (non-hydrogen) atoms. The number of hydrogen-bond donors (Lipinski definition) is 0. The quantitative estimate of drug-likeness (QED) is 0.496. The number of rotatable bonds is 4. The Balaban J connectivity index is 1.60. The SMILES string of the molecule is CCN1CCN(C(=O)c2ccc3c(c2)n(Cc2cccc(F)c2)c(=O)c2ccnn23)CC1. The molecular formula is C24H24FN5O2. The number of carbonyl (C=O) groups excluding carboxylic acids is 1. The van der Waals surface area contributed by atoms with Gasteiger partial charge in [-0.15, -0.1) is 0 Å². The normalized spacial score (nSPS) is 15.0. The molecule has 5 rings (SSSR count). The zero-order valence-electron chi connectivity index (χ0n) is 17.9. The van der Waals surface area contributed by atoms with Gasteiger partial charge in [-0.25, -0.2) is 8.91 Å². The van der Waals surface area contributed by atoms with Crippen LogP contribution in [-0.2, 0) is 6.54 Å². The molecule has 0 atom stereocenters. The third-order valence-electron chi connectivity index (χ3n) is 6.18. The number of fused-ring (bicyclic) bond motifs is 3. The van der Waals surface area contributed by atoms with Crippen LogP contribution in [-0.4, -0.2) is 62.6 Å². The van der Waals surface area contributed by atoms with E-state index in [0.29, 0.717) is 40.8 Å². The minimum atomic E-state index is -0.354. The van der Waals surface area contributed by atoms with Crippen molar-refractivity contribution < 1.29 is 9.18 Å². The van der Waals surface area contributed by atoms with Crippen LogP contribution in [0, 0.1) is 5.82 Å². The number of nitrogens with zero attached hydrogens (tertiary/aromatic N) is 5. The minimum absolute atomic E-state index is 0.0482. The average molecular weight is 433 g/mol. The molecule has 7 nitrogen and oxygen atoms in total. The maximum absolute atomic E-state index is 13.8. The fraction of sp³-hybridized carbons (Fsp3) is 0.292. The molecule has 0 unspecified atom stereocenters. The molecule has 1 fully saturated rings. The van der Waals surface area contributed by atoms with E-state index in [1.807, 2.05) is 11.0 Å². The predicted octanol–water partition coefficient (Wildman–Crippen LogP) is 2.61. The summed E-state index contributed by atoms with van der Waals surface area (Å²) < 4.78 is 16.9. The molecule has 0 saturated carbocycles. The van der Waals surface area contributed by atoms with Crippen molar-refractivity contribution in [1.82, 2.24) is 24.0 Å². The van der Waals surface area contributed by atoms with Crippen molar-refractivity contribution in [2.24, 2.45) is 0 Å². The van der Waals surface area contributed by atoms with Gasteiger partial charge < -0.3 is 14.4 Å². The first-order valence-corrected chi connectivity index (χ1v) is 10.8. The summed E-state index contributed by atoms with van der Waals surface area (Å²) in [6, 6.07) is 13.2. The van der Waals surface area contributed by atoms with Crippen LogP contribution in [0.5, 0.6) is 0 Å². The van der Waals surface area contributed by atoms with Crippen LogP contribution in [0.3, 0.4) is 0 Å². The van der Waals surface area contributed by atoms with Gasteiger partial charge in [-0.3, -0.25) is 9.59 Å². The molecular weight excluding hydrogens is 409 g/mol. The lowest BCUT2D eigenvalue weighted by atomic mass is 10.1. The van der Waals surface area contributed by atoms with Crippen LogP contribution in [0.15, 0.2) is 59.5 Å². The fourth-order valence-electron chi connectivity index (χ4n) is 4.38. The molecule has 4 aromatic rings. The van der Waals surface area contributed by atoms with E-state index in [1.54, 1.807) is 45.6 Å². The second-order valence-electron chi connectivity index (χ2n) is 8.08. The van der Waals surface area contributed by atoms with Crippen molar-refractivity contribution in [2.75, 3.05) is 32.7 Å². The molecule has 1 aliphatic rings. The minimum Gasteiger partial charge on any atom is -0.336 e. The lowest BCUT2D eigenvalue weighted by molar-refractivity contribution is 0.0643. The fourth-order valence-corrected chi connectivity index (χ4v) is 4.38. The maximum atomic E-state index is 13.8. The number of likely N-dealkylation sites (N-methyl/N-ethyl adjacent to an activating group) is 1. The number of aromatic nitrogens is 3. The Morgan fingerprint density at radius 1 is 1.00 bits per heavy atom. The Morgan fingerprint density at radius 2 is 1.81 bits per heavy atom. The van der Waals surface area contributed by atoms with Crippen molar-refractivity contribution in [3.63, 3.8) is 0 Å². The summed E-state index contributed by atoms with van der Waals surface area (Å²) >= 11 is 0. The third kappa shape index (κ3) is 3.56. The average Bonchev–Trinajstić information content (AvgIpc) is 3.31. The molecule has 2 aromatic heterocycles. The first-order valence-electron chi connectivity index (χ1n) is 10.8. The number of piperazine rings is 1. The number of hydrogen-bond acceptors (Lipinski definition) is 4. The second kappa shape index (κ2) is 8.20. The van der Waals surface area contributed by atoms with Crippen molar-refractivity contribution in [2.45, 2.75) is 13.5 Å². The van der Waals surface area contributed by atoms with Gasteiger partial charge in [0.15, 0.2) is 0 Å². The van der Waals surface area contributed by atoms with E-state index in [1.165, 1.54) is 12.1 Å². The summed E-state index contributed by atoms with van der Waals surface area (Å²) in [5.74, 6) is -0.402. The molecule has 164 valence electrons. The lowest BCUT2D eigenvalue weighted by Crippen LogP contribution is -2.48. The second-order valence-corrected chi connectivity index (χ2v) is 8.08. The van der Waals surface area contributed by atoms with Gasteiger partial charge in [0.2, 0.25) is 0 Å². The smallest absolute Gasteiger partial charge is 0.277 e. The molecule has 8 heteroatoms. The van der Waals surface area contributed by atoms with Crippen LogP contribution < -0.4 is 5.56 Å². The van der Waals surface area contributed by atoms with Crippen LogP contribution in [0.2, 0.25) is 0 Å². The van der Waals surface area contributed by atoms with Crippen molar-refractivity contribution in [1.29, 1.82) is 0 Å². The van der Waals surface area contributed by atoms with E-state index < -0.39 is 0 Å². The van der Waals surface area contributed by atoms with Crippen molar-refractivity contribution >= 4 is 22.5 Å². The standard InChI is InChI=1S/C24H24FN5O2/c1-2-27-10-12-28(13-11-27)23(31)18-6-7-20-22(15-18)29(16-17-4-3-5-19(25)14-17)24(32)21-8-9-26-30(20)21/h3-9,14-15H,2,10-13,16H2,1H3. The number of benzene rings is 2. The first kappa shape index (κ1) is 20.4. The van der Waals surface area contributed by atoms with E-state index in [4.69, 9.17) is 0 Å². The predicted molar refractivity (Wildman–Crippen MR) is 120 cm³/mol. The van der Waals surface area contributed by atoms with Gasteiger partial charge in [0.05, 0.1) is 23.8 Å². The van der Waals surface area contributed by atoms with Crippen molar-refractivity contribution in [3.05, 3.63) is 82.0 Å². The van der Waals surface area contributed by atoms with Gasteiger partial charge in [-0.1, -0.05) is 19.1 Å². The van der Waals surface area contributed by atoms with E-state index in [0.717, 1.165) is 19.6 Å². The molecule has 1 amide bonds. The van der Waals surface area contributed by atoms with Crippen LogP contribution in [0.4, 0.5) is 4.39 Å². The topological polar surface area (TPSA) is 62.8 Å². The highest BCUT2D eigenvalue weighted by atomic mass is 19.1. The molecule has 0 bridgehead atoms. The van der Waals surface area contributed by atoms with Crippen LogP contribution in [0.1, 0.15) is 22.8 Å². The number of amides is 1. The monoisotopic (exact) mass is 433 g/mol. The maximum Gasteiger partial charge on any atom is 0.277 e. The van der Waals surface area contributed by atoms with Gasteiger partial charge in [-0.2, -0.15) is 5.10 Å².